The Morgan fingerprint density at radius 3 is 2.17 bits per heavy atom. The van der Waals surface area contributed by atoms with Crippen LogP contribution in [0.2, 0.25) is 0 Å². The van der Waals surface area contributed by atoms with E-state index in [-0.39, 0.29) is 0 Å². The molecule has 0 aromatic rings. The maximum Gasteiger partial charge on any atom is 0.00445 e. The minimum Gasteiger partial charge on any atom is -0.309 e. The SMILES string of the molecule is CSC1CCC(CN(C)C)CC1. The Labute approximate surface area is 80.9 Å². The smallest absolute Gasteiger partial charge is 0.00445 e. The third-order valence-electron chi connectivity index (χ3n) is 2.75. The summed E-state index contributed by atoms with van der Waals surface area (Å²) in [6.07, 6.45) is 8.03. The molecule has 0 aliphatic heterocycles. The minimum absolute atomic E-state index is 0.961. The van der Waals surface area contributed by atoms with E-state index in [2.05, 4.69) is 37.0 Å². The molecule has 12 heavy (non-hydrogen) atoms. The van der Waals surface area contributed by atoms with Crippen molar-refractivity contribution in [3.63, 3.8) is 0 Å². The summed E-state index contributed by atoms with van der Waals surface area (Å²) in [5, 5.41) is 0.961. The third kappa shape index (κ3) is 3.36. The molecule has 0 aromatic carbocycles. The number of rotatable bonds is 3. The van der Waals surface area contributed by atoms with Crippen LogP contribution in [0, 0.1) is 5.92 Å². The standard InChI is InChI=1S/C10H21NS/c1-11(2)8-9-4-6-10(12-3)7-5-9/h9-10H,4-8H2,1-3H3. The predicted octanol–water partition coefficient (Wildman–Crippen LogP) is 2.47. The molecule has 1 fully saturated rings. The molecule has 2 heteroatoms. The first-order chi connectivity index (χ1) is 5.72. The maximum absolute atomic E-state index is 2.32. The molecule has 1 aliphatic rings. The normalized spacial score (nSPS) is 31.0. The van der Waals surface area contributed by atoms with Crippen LogP contribution in [0.25, 0.3) is 0 Å². The van der Waals surface area contributed by atoms with Gasteiger partial charge < -0.3 is 4.90 Å². The van der Waals surface area contributed by atoms with Crippen LogP contribution in [0.15, 0.2) is 0 Å². The van der Waals surface area contributed by atoms with Gasteiger partial charge in [0.05, 0.1) is 0 Å². The van der Waals surface area contributed by atoms with Crippen molar-refractivity contribution in [2.24, 2.45) is 5.92 Å². The average molecular weight is 187 g/mol. The summed E-state index contributed by atoms with van der Waals surface area (Å²) < 4.78 is 0. The lowest BCUT2D eigenvalue weighted by Gasteiger charge is -2.29. The molecule has 1 nitrogen and oxygen atoms in total. The van der Waals surface area contributed by atoms with Crippen LogP contribution in [0.5, 0.6) is 0 Å². The summed E-state index contributed by atoms with van der Waals surface area (Å²) >= 11 is 2.05. The van der Waals surface area contributed by atoms with Crippen LogP contribution >= 0.6 is 11.8 Å². The van der Waals surface area contributed by atoms with Gasteiger partial charge >= 0.3 is 0 Å². The Hall–Kier alpha value is 0.310. The van der Waals surface area contributed by atoms with Crippen molar-refractivity contribution in [2.75, 3.05) is 26.9 Å². The molecule has 0 heterocycles. The molecule has 0 N–H and O–H groups in total. The largest absolute Gasteiger partial charge is 0.309 e. The zero-order chi connectivity index (χ0) is 8.97. The Morgan fingerprint density at radius 1 is 1.17 bits per heavy atom. The van der Waals surface area contributed by atoms with Gasteiger partial charge in [-0.25, -0.2) is 0 Å². The van der Waals surface area contributed by atoms with E-state index < -0.39 is 0 Å². The van der Waals surface area contributed by atoms with E-state index in [1.54, 1.807) is 0 Å². The van der Waals surface area contributed by atoms with Crippen LogP contribution in [-0.4, -0.2) is 37.0 Å². The summed E-state index contributed by atoms with van der Waals surface area (Å²) in [5.41, 5.74) is 0. The molecule has 0 spiro atoms. The summed E-state index contributed by atoms with van der Waals surface area (Å²) in [6, 6.07) is 0. The fraction of sp³-hybridized carbons (Fsp3) is 1.00. The lowest BCUT2D eigenvalue weighted by atomic mass is 9.89. The van der Waals surface area contributed by atoms with Gasteiger partial charge in [0.15, 0.2) is 0 Å². The zero-order valence-corrected chi connectivity index (χ0v) is 9.36. The first kappa shape index (κ1) is 10.4. The molecule has 0 radical (unpaired) electrons. The summed E-state index contributed by atoms with van der Waals surface area (Å²) in [5.74, 6) is 0.975. The van der Waals surface area contributed by atoms with Crippen LogP contribution in [0.3, 0.4) is 0 Å². The Morgan fingerprint density at radius 2 is 1.75 bits per heavy atom. The zero-order valence-electron chi connectivity index (χ0n) is 8.55. The summed E-state index contributed by atoms with van der Waals surface area (Å²) in [4.78, 5) is 2.32. The Bertz CT molecular complexity index is 117. The molecule has 0 aromatic heterocycles. The second kappa shape index (κ2) is 5.13. The molecule has 0 bridgehead atoms. The van der Waals surface area contributed by atoms with Crippen LogP contribution < -0.4 is 0 Å². The van der Waals surface area contributed by atoms with Gasteiger partial charge in [0.25, 0.3) is 0 Å². The van der Waals surface area contributed by atoms with Gasteiger partial charge in [0, 0.05) is 11.8 Å². The van der Waals surface area contributed by atoms with Crippen LogP contribution in [0.4, 0.5) is 0 Å². The van der Waals surface area contributed by atoms with Crippen molar-refractivity contribution in [3.05, 3.63) is 0 Å². The highest BCUT2D eigenvalue weighted by molar-refractivity contribution is 7.99. The quantitative estimate of drug-likeness (QED) is 0.668. The summed E-state index contributed by atoms with van der Waals surface area (Å²) in [6.45, 7) is 1.29. The molecular weight excluding hydrogens is 166 g/mol. The maximum atomic E-state index is 2.32. The topological polar surface area (TPSA) is 3.24 Å². The second-order valence-corrected chi connectivity index (χ2v) is 5.28. The van der Waals surface area contributed by atoms with Crippen molar-refractivity contribution < 1.29 is 0 Å². The lowest BCUT2D eigenvalue weighted by Crippen LogP contribution is -2.26. The molecule has 1 aliphatic carbocycles. The lowest BCUT2D eigenvalue weighted by molar-refractivity contribution is 0.267. The third-order valence-corrected chi connectivity index (χ3v) is 3.89. The predicted molar refractivity (Wildman–Crippen MR) is 57.8 cm³/mol. The molecule has 72 valence electrons. The van der Waals surface area contributed by atoms with Crippen molar-refractivity contribution in [1.82, 2.24) is 4.90 Å². The van der Waals surface area contributed by atoms with Gasteiger partial charge in [-0.1, -0.05) is 0 Å². The number of nitrogens with zero attached hydrogens (tertiary/aromatic N) is 1. The van der Waals surface area contributed by atoms with Crippen LogP contribution in [-0.2, 0) is 0 Å². The molecule has 0 amide bonds. The van der Waals surface area contributed by atoms with Gasteiger partial charge in [-0.3, -0.25) is 0 Å². The Kier molecular flexibility index (Phi) is 4.44. The van der Waals surface area contributed by atoms with E-state index in [9.17, 15) is 0 Å². The number of thioether (sulfide) groups is 1. The highest BCUT2D eigenvalue weighted by Gasteiger charge is 2.20. The molecule has 0 atom stereocenters. The fourth-order valence-electron chi connectivity index (χ4n) is 2.07. The monoisotopic (exact) mass is 187 g/mol. The van der Waals surface area contributed by atoms with Crippen LogP contribution in [0.1, 0.15) is 25.7 Å². The van der Waals surface area contributed by atoms with Gasteiger partial charge in [-0.15, -0.1) is 0 Å². The summed E-state index contributed by atoms with van der Waals surface area (Å²) in [7, 11) is 4.36. The van der Waals surface area contributed by atoms with E-state index in [1.807, 2.05) is 0 Å². The molecule has 0 unspecified atom stereocenters. The minimum atomic E-state index is 0.961. The van der Waals surface area contributed by atoms with E-state index >= 15 is 0 Å². The van der Waals surface area contributed by atoms with E-state index in [0.29, 0.717) is 0 Å². The van der Waals surface area contributed by atoms with E-state index in [0.717, 1.165) is 11.2 Å². The van der Waals surface area contributed by atoms with Crippen molar-refractivity contribution >= 4 is 11.8 Å². The number of hydrogen-bond donors (Lipinski definition) is 0. The van der Waals surface area contributed by atoms with Crippen molar-refractivity contribution in [1.29, 1.82) is 0 Å². The molecule has 0 saturated heterocycles. The first-order valence-electron chi connectivity index (χ1n) is 4.90. The molecule has 1 rings (SSSR count). The highest BCUT2D eigenvalue weighted by atomic mass is 32.2. The van der Waals surface area contributed by atoms with Gasteiger partial charge in [0.1, 0.15) is 0 Å². The van der Waals surface area contributed by atoms with E-state index in [1.165, 1.54) is 32.2 Å². The van der Waals surface area contributed by atoms with Gasteiger partial charge in [-0.2, -0.15) is 11.8 Å². The van der Waals surface area contributed by atoms with Gasteiger partial charge in [0.2, 0.25) is 0 Å². The molecular formula is C10H21NS. The van der Waals surface area contributed by atoms with Gasteiger partial charge in [-0.05, 0) is 52.0 Å². The molecule has 1 saturated carbocycles. The Balaban J connectivity index is 2.17. The highest BCUT2D eigenvalue weighted by Crippen LogP contribution is 2.30. The fourth-order valence-corrected chi connectivity index (χ4v) is 2.81. The number of hydrogen-bond acceptors (Lipinski definition) is 2. The first-order valence-corrected chi connectivity index (χ1v) is 6.18. The van der Waals surface area contributed by atoms with E-state index in [4.69, 9.17) is 0 Å². The van der Waals surface area contributed by atoms with Crippen molar-refractivity contribution in [3.8, 4) is 0 Å². The average Bonchev–Trinajstić information content (AvgIpc) is 2.05. The second-order valence-electron chi connectivity index (χ2n) is 4.14. The van der Waals surface area contributed by atoms with Crippen molar-refractivity contribution in [2.45, 2.75) is 30.9 Å².